The molecule has 0 aliphatic heterocycles. The van der Waals surface area contributed by atoms with Gasteiger partial charge in [0.05, 0.1) is 5.02 Å². The molecule has 2 nitrogen and oxygen atoms in total. The van der Waals surface area contributed by atoms with Crippen LogP contribution in [0, 0.1) is 11.6 Å². The maximum absolute atomic E-state index is 13.5. The molecule has 2 rings (SSSR count). The Morgan fingerprint density at radius 1 is 1.14 bits per heavy atom. The van der Waals surface area contributed by atoms with Crippen molar-refractivity contribution in [1.29, 1.82) is 0 Å². The first kappa shape index (κ1) is 15.7. The summed E-state index contributed by atoms with van der Waals surface area (Å²) in [6, 6.07) is 8.41. The lowest BCUT2D eigenvalue weighted by Gasteiger charge is -2.12. The second-order valence-electron chi connectivity index (χ2n) is 4.81. The molecule has 0 saturated carbocycles. The van der Waals surface area contributed by atoms with Crippen LogP contribution in [0.15, 0.2) is 36.4 Å². The van der Waals surface area contributed by atoms with Crippen molar-refractivity contribution in [3.8, 4) is 11.5 Å². The summed E-state index contributed by atoms with van der Waals surface area (Å²) < 4.78 is 31.8. The first-order valence-electron chi connectivity index (χ1n) is 6.66. The topological polar surface area (TPSA) is 35.2 Å². The van der Waals surface area contributed by atoms with Gasteiger partial charge in [-0.15, -0.1) is 0 Å². The van der Waals surface area contributed by atoms with E-state index in [1.807, 2.05) is 13.0 Å². The van der Waals surface area contributed by atoms with Crippen molar-refractivity contribution in [3.63, 3.8) is 0 Å². The Morgan fingerprint density at radius 2 is 1.86 bits per heavy atom. The van der Waals surface area contributed by atoms with E-state index in [0.29, 0.717) is 17.2 Å². The smallest absolute Gasteiger partial charge is 0.168 e. The summed E-state index contributed by atoms with van der Waals surface area (Å²) in [7, 11) is 0. The highest BCUT2D eigenvalue weighted by atomic mass is 35.5. The molecule has 0 aliphatic carbocycles. The minimum Gasteiger partial charge on any atom is -0.453 e. The van der Waals surface area contributed by atoms with Gasteiger partial charge in [-0.2, -0.15) is 0 Å². The third-order valence-electron chi connectivity index (χ3n) is 3.13. The molecule has 0 spiro atoms. The highest BCUT2D eigenvalue weighted by Gasteiger charge is 2.10. The van der Waals surface area contributed by atoms with Crippen LogP contribution in [-0.2, 0) is 6.42 Å². The van der Waals surface area contributed by atoms with Gasteiger partial charge >= 0.3 is 0 Å². The predicted octanol–water partition coefficient (Wildman–Crippen LogP) is 4.69. The molecule has 1 unspecified atom stereocenters. The van der Waals surface area contributed by atoms with Crippen LogP contribution in [-0.4, -0.2) is 6.04 Å². The summed E-state index contributed by atoms with van der Waals surface area (Å²) in [4.78, 5) is 0. The van der Waals surface area contributed by atoms with Gasteiger partial charge in [0.1, 0.15) is 11.6 Å². The SMILES string of the molecule is CCC(N)Cc1ccc(Oc2ccc(F)cc2F)c(Cl)c1. The van der Waals surface area contributed by atoms with Gasteiger partial charge in [-0.1, -0.05) is 24.6 Å². The van der Waals surface area contributed by atoms with Gasteiger partial charge in [-0.05, 0) is 42.7 Å². The number of nitrogens with two attached hydrogens (primary N) is 1. The van der Waals surface area contributed by atoms with Crippen molar-refractivity contribution in [3.05, 3.63) is 58.6 Å². The van der Waals surface area contributed by atoms with Gasteiger partial charge in [-0.25, -0.2) is 8.78 Å². The molecule has 0 aliphatic rings. The highest BCUT2D eigenvalue weighted by Crippen LogP contribution is 2.32. The summed E-state index contributed by atoms with van der Waals surface area (Å²) in [5.74, 6) is -1.19. The Morgan fingerprint density at radius 3 is 2.48 bits per heavy atom. The molecule has 0 bridgehead atoms. The fourth-order valence-electron chi connectivity index (χ4n) is 1.88. The first-order valence-corrected chi connectivity index (χ1v) is 7.04. The van der Waals surface area contributed by atoms with Gasteiger partial charge in [0.25, 0.3) is 0 Å². The summed E-state index contributed by atoms with van der Waals surface area (Å²) >= 11 is 6.13. The zero-order valence-electron chi connectivity index (χ0n) is 11.6. The van der Waals surface area contributed by atoms with Crippen LogP contribution in [0.3, 0.4) is 0 Å². The number of hydrogen-bond acceptors (Lipinski definition) is 2. The summed E-state index contributed by atoms with van der Waals surface area (Å²) in [6.07, 6.45) is 1.58. The molecule has 0 fully saturated rings. The highest BCUT2D eigenvalue weighted by molar-refractivity contribution is 6.32. The lowest BCUT2D eigenvalue weighted by Crippen LogP contribution is -2.21. The molecule has 2 aromatic carbocycles. The fourth-order valence-corrected chi connectivity index (χ4v) is 2.12. The van der Waals surface area contributed by atoms with E-state index in [2.05, 4.69) is 0 Å². The Hall–Kier alpha value is -1.65. The maximum atomic E-state index is 13.5. The van der Waals surface area contributed by atoms with E-state index in [-0.39, 0.29) is 11.8 Å². The monoisotopic (exact) mass is 311 g/mol. The van der Waals surface area contributed by atoms with E-state index in [0.717, 1.165) is 24.1 Å². The second kappa shape index (κ2) is 6.87. The van der Waals surface area contributed by atoms with E-state index in [1.165, 1.54) is 6.07 Å². The van der Waals surface area contributed by atoms with Crippen molar-refractivity contribution in [2.45, 2.75) is 25.8 Å². The van der Waals surface area contributed by atoms with Gasteiger partial charge in [0.2, 0.25) is 0 Å². The molecule has 0 aromatic heterocycles. The molecule has 2 aromatic rings. The van der Waals surface area contributed by atoms with Gasteiger partial charge in [0, 0.05) is 12.1 Å². The Labute approximate surface area is 127 Å². The predicted molar refractivity (Wildman–Crippen MR) is 79.9 cm³/mol. The molecule has 1 atom stereocenters. The average molecular weight is 312 g/mol. The summed E-state index contributed by atoms with van der Waals surface area (Å²) in [5.41, 5.74) is 6.88. The van der Waals surface area contributed by atoms with E-state index in [4.69, 9.17) is 22.1 Å². The average Bonchev–Trinajstić information content (AvgIpc) is 2.44. The van der Waals surface area contributed by atoms with Crippen molar-refractivity contribution in [2.75, 3.05) is 0 Å². The lowest BCUT2D eigenvalue weighted by atomic mass is 10.0. The molecule has 0 radical (unpaired) electrons. The summed E-state index contributed by atoms with van der Waals surface area (Å²) in [6.45, 7) is 2.01. The van der Waals surface area contributed by atoms with Crippen LogP contribution in [0.4, 0.5) is 8.78 Å². The van der Waals surface area contributed by atoms with Crippen LogP contribution < -0.4 is 10.5 Å². The van der Waals surface area contributed by atoms with Gasteiger partial charge in [-0.3, -0.25) is 0 Å². The second-order valence-corrected chi connectivity index (χ2v) is 5.22. The van der Waals surface area contributed by atoms with Crippen LogP contribution in [0.1, 0.15) is 18.9 Å². The summed E-state index contributed by atoms with van der Waals surface area (Å²) in [5, 5.41) is 0.361. The van der Waals surface area contributed by atoms with Crippen molar-refractivity contribution < 1.29 is 13.5 Å². The number of rotatable bonds is 5. The fraction of sp³-hybridized carbons (Fsp3) is 0.250. The number of benzene rings is 2. The van der Waals surface area contributed by atoms with Gasteiger partial charge in [0.15, 0.2) is 11.6 Å². The van der Waals surface area contributed by atoms with Crippen molar-refractivity contribution in [2.24, 2.45) is 5.73 Å². The standard InChI is InChI=1S/C16H16ClF2NO/c1-2-12(20)7-10-3-5-15(13(17)8-10)21-16-6-4-11(18)9-14(16)19/h3-6,8-9,12H,2,7,20H2,1H3. The molecule has 2 N–H and O–H groups in total. The van der Waals surface area contributed by atoms with Crippen LogP contribution in [0.25, 0.3) is 0 Å². The minimum absolute atomic E-state index is 0.0716. The van der Waals surface area contributed by atoms with Crippen molar-refractivity contribution >= 4 is 11.6 Å². The van der Waals surface area contributed by atoms with Crippen LogP contribution in [0.5, 0.6) is 11.5 Å². The normalized spacial score (nSPS) is 12.2. The van der Waals surface area contributed by atoms with Crippen LogP contribution >= 0.6 is 11.6 Å². The zero-order chi connectivity index (χ0) is 15.4. The van der Waals surface area contributed by atoms with E-state index in [9.17, 15) is 8.78 Å². The molecule has 0 heterocycles. The minimum atomic E-state index is -0.775. The third-order valence-corrected chi connectivity index (χ3v) is 3.43. The molecular weight excluding hydrogens is 296 g/mol. The molecule has 21 heavy (non-hydrogen) atoms. The van der Waals surface area contributed by atoms with Gasteiger partial charge < -0.3 is 10.5 Å². The molecule has 0 amide bonds. The molecule has 0 saturated heterocycles. The van der Waals surface area contributed by atoms with E-state index >= 15 is 0 Å². The lowest BCUT2D eigenvalue weighted by molar-refractivity contribution is 0.437. The first-order chi connectivity index (χ1) is 9.99. The zero-order valence-corrected chi connectivity index (χ0v) is 12.3. The Bertz CT molecular complexity index is 634. The van der Waals surface area contributed by atoms with E-state index in [1.54, 1.807) is 12.1 Å². The van der Waals surface area contributed by atoms with Crippen LogP contribution in [0.2, 0.25) is 5.02 Å². The number of ether oxygens (including phenoxy) is 1. The Balaban J connectivity index is 2.17. The molecule has 5 heteroatoms. The molecule has 112 valence electrons. The Kier molecular flexibility index (Phi) is 5.15. The maximum Gasteiger partial charge on any atom is 0.168 e. The molecular formula is C16H16ClF2NO. The number of halogens is 3. The van der Waals surface area contributed by atoms with E-state index < -0.39 is 11.6 Å². The number of hydrogen-bond donors (Lipinski definition) is 1. The largest absolute Gasteiger partial charge is 0.453 e. The quantitative estimate of drug-likeness (QED) is 0.869. The third kappa shape index (κ3) is 4.16. The van der Waals surface area contributed by atoms with Crippen molar-refractivity contribution in [1.82, 2.24) is 0 Å².